The number of amides is 1. The Morgan fingerprint density at radius 2 is 1.68 bits per heavy atom. The topological polar surface area (TPSA) is 64.4 Å². The van der Waals surface area contributed by atoms with E-state index < -0.39 is 5.60 Å². The smallest absolute Gasteiger partial charge is 0.267 e. The lowest BCUT2D eigenvalue weighted by Gasteiger charge is -2.25. The second kappa shape index (κ2) is 8.61. The van der Waals surface area contributed by atoms with Gasteiger partial charge in [-0.25, -0.2) is 4.98 Å². The maximum atomic E-state index is 12.7. The molecule has 4 aromatic rings. The summed E-state index contributed by atoms with van der Waals surface area (Å²) in [5, 5.41) is 4.12. The Hall–Kier alpha value is -3.02. The summed E-state index contributed by atoms with van der Waals surface area (Å²) in [6.07, 6.45) is 0.533. The summed E-state index contributed by atoms with van der Waals surface area (Å²) < 4.78 is 11.6. The first kappa shape index (κ1) is 21.2. The van der Waals surface area contributed by atoms with Gasteiger partial charge in [-0.05, 0) is 74.0 Å². The highest BCUT2D eigenvalue weighted by Gasteiger charge is 2.30. The van der Waals surface area contributed by atoms with Crippen LogP contribution >= 0.6 is 23.2 Å². The van der Waals surface area contributed by atoms with Crippen molar-refractivity contribution in [2.45, 2.75) is 25.9 Å². The van der Waals surface area contributed by atoms with E-state index in [4.69, 9.17) is 32.4 Å². The largest absolute Gasteiger partial charge is 0.478 e. The van der Waals surface area contributed by atoms with Gasteiger partial charge in [-0.15, -0.1) is 0 Å². The predicted molar refractivity (Wildman–Crippen MR) is 123 cm³/mol. The van der Waals surface area contributed by atoms with Crippen LogP contribution in [0.4, 0.5) is 5.69 Å². The number of ether oxygens (including phenoxy) is 1. The highest BCUT2D eigenvalue weighted by atomic mass is 35.5. The van der Waals surface area contributed by atoms with E-state index in [2.05, 4.69) is 10.3 Å². The van der Waals surface area contributed by atoms with Crippen molar-refractivity contribution in [1.82, 2.24) is 4.98 Å². The van der Waals surface area contributed by atoms with Crippen LogP contribution in [0.3, 0.4) is 0 Å². The lowest BCUT2D eigenvalue weighted by atomic mass is 10.1. The molecule has 0 radical (unpaired) electrons. The first-order chi connectivity index (χ1) is 14.8. The second-order valence-electron chi connectivity index (χ2n) is 7.61. The number of carbonyl (C=O) groups excluding carboxylic acids is 1. The van der Waals surface area contributed by atoms with Gasteiger partial charge in [0.05, 0.1) is 0 Å². The molecule has 1 amide bonds. The highest BCUT2D eigenvalue weighted by molar-refractivity contribution is 6.31. The van der Waals surface area contributed by atoms with E-state index >= 15 is 0 Å². The summed E-state index contributed by atoms with van der Waals surface area (Å²) in [6.45, 7) is 3.43. The molecule has 5 nitrogen and oxygen atoms in total. The van der Waals surface area contributed by atoms with Crippen molar-refractivity contribution in [1.29, 1.82) is 0 Å². The lowest BCUT2D eigenvalue weighted by Crippen LogP contribution is -2.42. The van der Waals surface area contributed by atoms with Gasteiger partial charge in [0.1, 0.15) is 11.3 Å². The fourth-order valence-electron chi connectivity index (χ4n) is 3.03. The molecule has 0 aliphatic heterocycles. The van der Waals surface area contributed by atoms with Gasteiger partial charge in [0.25, 0.3) is 5.91 Å². The molecule has 0 unspecified atom stereocenters. The Morgan fingerprint density at radius 1 is 1.00 bits per heavy atom. The Kier molecular flexibility index (Phi) is 5.90. The number of halogens is 2. The zero-order valence-corrected chi connectivity index (χ0v) is 18.5. The van der Waals surface area contributed by atoms with E-state index in [1.165, 1.54) is 0 Å². The summed E-state index contributed by atoms with van der Waals surface area (Å²) in [5.74, 6) is 0.914. The molecule has 0 saturated carbocycles. The number of aromatic nitrogens is 1. The summed E-state index contributed by atoms with van der Waals surface area (Å²) in [6, 6.07) is 19.8. The average Bonchev–Trinajstić information content (AvgIpc) is 3.12. The van der Waals surface area contributed by atoms with Crippen molar-refractivity contribution in [3.8, 4) is 5.75 Å². The van der Waals surface area contributed by atoms with Crippen LogP contribution in [-0.4, -0.2) is 16.5 Å². The minimum atomic E-state index is -1.06. The molecule has 0 aliphatic carbocycles. The van der Waals surface area contributed by atoms with Crippen LogP contribution in [0.5, 0.6) is 5.75 Å². The monoisotopic (exact) mass is 454 g/mol. The molecular weight excluding hydrogens is 435 g/mol. The zero-order chi connectivity index (χ0) is 22.0. The molecule has 0 bridgehead atoms. The predicted octanol–water partition coefficient (Wildman–Crippen LogP) is 6.52. The Balaban J connectivity index is 1.40. The fourth-order valence-corrected chi connectivity index (χ4v) is 3.32. The molecule has 4 rings (SSSR count). The number of hydrogen-bond acceptors (Lipinski definition) is 4. The quantitative estimate of drug-likeness (QED) is 0.360. The minimum Gasteiger partial charge on any atom is -0.478 e. The SMILES string of the molecule is CC(C)(Oc1ccc(Cl)cc1)C(=O)Nc1ccc(Cc2nc3cc(Cl)ccc3o2)cc1. The van der Waals surface area contributed by atoms with Gasteiger partial charge >= 0.3 is 0 Å². The highest BCUT2D eigenvalue weighted by Crippen LogP contribution is 2.24. The van der Waals surface area contributed by atoms with E-state index in [1.54, 1.807) is 56.3 Å². The second-order valence-corrected chi connectivity index (χ2v) is 8.49. The Labute approximate surface area is 189 Å². The molecule has 1 heterocycles. The summed E-state index contributed by atoms with van der Waals surface area (Å²) in [7, 11) is 0. The van der Waals surface area contributed by atoms with Crippen LogP contribution in [0.25, 0.3) is 11.1 Å². The molecule has 0 atom stereocenters. The maximum absolute atomic E-state index is 12.7. The van der Waals surface area contributed by atoms with E-state index in [0.717, 1.165) is 11.1 Å². The number of nitrogens with zero attached hydrogens (tertiary/aromatic N) is 1. The molecule has 1 aromatic heterocycles. The number of fused-ring (bicyclic) bond motifs is 1. The van der Waals surface area contributed by atoms with Crippen LogP contribution in [0.1, 0.15) is 25.3 Å². The standard InChI is InChI=1S/C24H20Cl2N2O3/c1-24(2,31-19-10-5-16(25)6-11-19)23(29)27-18-8-3-15(4-9-18)13-22-28-20-14-17(26)7-12-21(20)30-22/h3-12,14H,13H2,1-2H3,(H,27,29). The number of benzene rings is 3. The summed E-state index contributed by atoms with van der Waals surface area (Å²) in [5.41, 5.74) is 2.05. The van der Waals surface area contributed by atoms with Gasteiger partial charge < -0.3 is 14.5 Å². The lowest BCUT2D eigenvalue weighted by molar-refractivity contribution is -0.128. The molecule has 0 fully saturated rings. The van der Waals surface area contributed by atoms with Crippen LogP contribution in [0.15, 0.2) is 71.1 Å². The molecule has 0 saturated heterocycles. The third kappa shape index (κ3) is 5.19. The van der Waals surface area contributed by atoms with Crippen molar-refractivity contribution >= 4 is 45.9 Å². The molecule has 1 N–H and O–H groups in total. The number of oxazole rings is 1. The van der Waals surface area contributed by atoms with Gasteiger partial charge in [-0.1, -0.05) is 35.3 Å². The number of hydrogen-bond donors (Lipinski definition) is 1. The van der Waals surface area contributed by atoms with Crippen LogP contribution < -0.4 is 10.1 Å². The van der Waals surface area contributed by atoms with Crippen LogP contribution in [0.2, 0.25) is 10.0 Å². The normalized spacial score (nSPS) is 11.5. The van der Waals surface area contributed by atoms with E-state index in [0.29, 0.717) is 39.4 Å². The molecule has 31 heavy (non-hydrogen) atoms. The Bertz CT molecular complexity index is 1220. The van der Waals surface area contributed by atoms with Crippen molar-refractivity contribution in [3.05, 3.63) is 88.2 Å². The van der Waals surface area contributed by atoms with Gasteiger partial charge in [0, 0.05) is 22.2 Å². The Morgan fingerprint density at radius 3 is 2.39 bits per heavy atom. The molecular formula is C24H20Cl2N2O3. The molecule has 3 aromatic carbocycles. The van der Waals surface area contributed by atoms with Crippen LogP contribution in [-0.2, 0) is 11.2 Å². The zero-order valence-electron chi connectivity index (χ0n) is 17.0. The van der Waals surface area contributed by atoms with E-state index in [9.17, 15) is 4.79 Å². The molecule has 0 aliphatic rings. The van der Waals surface area contributed by atoms with Crippen molar-refractivity contribution < 1.29 is 13.9 Å². The van der Waals surface area contributed by atoms with Gasteiger partial charge in [0.15, 0.2) is 17.1 Å². The molecule has 158 valence electrons. The van der Waals surface area contributed by atoms with Crippen molar-refractivity contribution in [2.75, 3.05) is 5.32 Å². The van der Waals surface area contributed by atoms with E-state index in [1.807, 2.05) is 24.3 Å². The molecule has 0 spiro atoms. The van der Waals surface area contributed by atoms with Gasteiger partial charge in [0.2, 0.25) is 0 Å². The number of rotatable bonds is 6. The third-order valence-electron chi connectivity index (χ3n) is 4.69. The van der Waals surface area contributed by atoms with E-state index in [-0.39, 0.29) is 5.91 Å². The minimum absolute atomic E-state index is 0.258. The van der Waals surface area contributed by atoms with Gasteiger partial charge in [-0.2, -0.15) is 0 Å². The van der Waals surface area contributed by atoms with Crippen molar-refractivity contribution in [3.63, 3.8) is 0 Å². The first-order valence-corrected chi connectivity index (χ1v) is 10.4. The van der Waals surface area contributed by atoms with Gasteiger partial charge in [-0.3, -0.25) is 4.79 Å². The van der Waals surface area contributed by atoms with Crippen LogP contribution in [0, 0.1) is 0 Å². The number of anilines is 1. The van der Waals surface area contributed by atoms with Crippen molar-refractivity contribution in [2.24, 2.45) is 0 Å². The fraction of sp³-hybridized carbons (Fsp3) is 0.167. The average molecular weight is 455 g/mol. The first-order valence-electron chi connectivity index (χ1n) is 9.68. The number of nitrogens with one attached hydrogen (secondary N) is 1. The summed E-state index contributed by atoms with van der Waals surface area (Å²) >= 11 is 11.9. The summed E-state index contributed by atoms with van der Waals surface area (Å²) in [4.78, 5) is 17.2. The number of carbonyl (C=O) groups is 1. The maximum Gasteiger partial charge on any atom is 0.267 e. The molecule has 7 heteroatoms. The third-order valence-corrected chi connectivity index (χ3v) is 5.18.